The first-order valence-electron chi connectivity index (χ1n) is 7.93. The van der Waals surface area contributed by atoms with E-state index in [1.165, 1.54) is 36.8 Å². The van der Waals surface area contributed by atoms with Crippen molar-refractivity contribution in [1.29, 1.82) is 0 Å². The Hall–Kier alpha value is -2.03. The third-order valence-electron chi connectivity index (χ3n) is 4.29. The van der Waals surface area contributed by atoms with Crippen LogP contribution in [0, 0.1) is 5.82 Å². The number of amides is 1. The van der Waals surface area contributed by atoms with E-state index >= 15 is 0 Å². The number of hydrogen-bond donors (Lipinski definition) is 1. The fourth-order valence-electron chi connectivity index (χ4n) is 3.03. The minimum Gasteiger partial charge on any atom is -0.468 e. The number of ether oxygens (including phenoxy) is 1. The molecule has 0 spiro atoms. The molecule has 1 aliphatic rings. The smallest absolute Gasteiger partial charge is 0.323 e. The van der Waals surface area contributed by atoms with E-state index in [0.717, 1.165) is 0 Å². The van der Waals surface area contributed by atoms with Crippen molar-refractivity contribution in [1.82, 2.24) is 15.2 Å². The summed E-state index contributed by atoms with van der Waals surface area (Å²) in [5, 5.41) is 3.19. The van der Waals surface area contributed by atoms with Gasteiger partial charge in [0.25, 0.3) is 5.91 Å². The molecular formula is C17H17ClFN3O3S. The third-order valence-corrected chi connectivity index (χ3v) is 5.42. The van der Waals surface area contributed by atoms with Crippen molar-refractivity contribution in [2.75, 3.05) is 13.7 Å². The van der Waals surface area contributed by atoms with Gasteiger partial charge >= 0.3 is 5.97 Å². The largest absolute Gasteiger partial charge is 0.468 e. The van der Waals surface area contributed by atoms with Crippen LogP contribution in [0.4, 0.5) is 4.39 Å². The molecule has 9 heteroatoms. The number of likely N-dealkylation sites (tertiary alicyclic amines) is 1. The quantitative estimate of drug-likeness (QED) is 0.785. The van der Waals surface area contributed by atoms with Gasteiger partial charge in [0.1, 0.15) is 16.7 Å². The van der Waals surface area contributed by atoms with Crippen LogP contribution in [0.1, 0.15) is 21.7 Å². The molecule has 0 aliphatic carbocycles. The van der Waals surface area contributed by atoms with Gasteiger partial charge in [0.05, 0.1) is 18.8 Å². The Labute approximate surface area is 158 Å². The lowest BCUT2D eigenvalue weighted by atomic mass is 10.1. The SMILES string of the molecule is COC(=O)[C@@H]1C[C@@H](NC(=O)c2cncs2)CN1Cc1c(F)cccc1Cl. The molecule has 0 radical (unpaired) electrons. The summed E-state index contributed by atoms with van der Waals surface area (Å²) in [4.78, 5) is 30.5. The number of hydrogen-bond acceptors (Lipinski definition) is 6. The monoisotopic (exact) mass is 397 g/mol. The van der Waals surface area contributed by atoms with Crippen molar-refractivity contribution >= 4 is 34.8 Å². The number of nitrogens with zero attached hydrogens (tertiary/aromatic N) is 2. The molecule has 0 bridgehead atoms. The molecule has 1 saturated heterocycles. The Kier molecular flexibility index (Phi) is 5.85. The summed E-state index contributed by atoms with van der Waals surface area (Å²) in [5.74, 6) is -1.10. The molecule has 1 aliphatic heterocycles. The van der Waals surface area contributed by atoms with E-state index in [4.69, 9.17) is 16.3 Å². The van der Waals surface area contributed by atoms with Gasteiger partial charge in [-0.25, -0.2) is 4.39 Å². The number of carbonyl (C=O) groups is 2. The lowest BCUT2D eigenvalue weighted by Crippen LogP contribution is -2.37. The van der Waals surface area contributed by atoms with Crippen LogP contribution in [0.25, 0.3) is 0 Å². The average molecular weight is 398 g/mol. The van der Waals surface area contributed by atoms with E-state index in [1.807, 2.05) is 0 Å². The van der Waals surface area contributed by atoms with Crippen LogP contribution in [0.15, 0.2) is 29.9 Å². The minimum absolute atomic E-state index is 0.151. The maximum absolute atomic E-state index is 14.1. The van der Waals surface area contributed by atoms with Gasteiger partial charge in [-0.2, -0.15) is 0 Å². The van der Waals surface area contributed by atoms with Gasteiger partial charge in [0.15, 0.2) is 0 Å². The zero-order chi connectivity index (χ0) is 18.7. The Bertz CT molecular complexity index is 782. The standard InChI is InChI=1S/C17H17ClFN3O3S/c1-25-17(24)14-5-10(21-16(23)15-6-20-9-26-15)7-22(14)8-11-12(18)3-2-4-13(11)19/h2-4,6,9-10,14H,5,7-8H2,1H3,(H,21,23)/t10-,14+/m1/s1. The summed E-state index contributed by atoms with van der Waals surface area (Å²) in [6.07, 6.45) is 1.87. The van der Waals surface area contributed by atoms with E-state index in [-0.39, 0.29) is 18.5 Å². The van der Waals surface area contributed by atoms with Gasteiger partial charge in [-0.15, -0.1) is 11.3 Å². The van der Waals surface area contributed by atoms with Crippen molar-refractivity contribution in [3.8, 4) is 0 Å². The van der Waals surface area contributed by atoms with E-state index in [9.17, 15) is 14.0 Å². The molecule has 2 heterocycles. The summed E-state index contributed by atoms with van der Waals surface area (Å²) >= 11 is 7.34. The maximum atomic E-state index is 14.1. The van der Waals surface area contributed by atoms with E-state index in [1.54, 1.807) is 16.5 Å². The number of thiazole rings is 1. The lowest BCUT2D eigenvalue weighted by molar-refractivity contribution is -0.146. The summed E-state index contributed by atoms with van der Waals surface area (Å²) in [5.41, 5.74) is 1.89. The number of methoxy groups -OCH3 is 1. The van der Waals surface area contributed by atoms with Crippen LogP contribution in [-0.4, -0.2) is 47.5 Å². The first-order valence-corrected chi connectivity index (χ1v) is 9.19. The van der Waals surface area contributed by atoms with Gasteiger partial charge in [-0.05, 0) is 18.6 Å². The number of rotatable bonds is 5. The molecule has 2 atom stereocenters. The molecule has 0 saturated carbocycles. The third kappa shape index (κ3) is 4.03. The van der Waals surface area contributed by atoms with Gasteiger partial charge in [0, 0.05) is 29.7 Å². The number of halogens is 2. The van der Waals surface area contributed by atoms with Crippen molar-refractivity contribution in [3.05, 3.63) is 51.2 Å². The molecule has 1 aromatic carbocycles. The summed E-state index contributed by atoms with van der Waals surface area (Å²) in [7, 11) is 1.31. The molecule has 3 rings (SSSR count). The summed E-state index contributed by atoms with van der Waals surface area (Å²) in [6.45, 7) is 0.535. The highest BCUT2D eigenvalue weighted by Gasteiger charge is 2.38. The molecule has 2 aromatic rings. The maximum Gasteiger partial charge on any atom is 0.323 e. The summed E-state index contributed by atoms with van der Waals surface area (Å²) in [6, 6.07) is 3.61. The molecule has 26 heavy (non-hydrogen) atoms. The Morgan fingerprint density at radius 2 is 2.31 bits per heavy atom. The Balaban J connectivity index is 1.75. The van der Waals surface area contributed by atoms with Gasteiger partial charge < -0.3 is 10.1 Å². The number of carbonyl (C=O) groups excluding carboxylic acids is 2. The zero-order valence-electron chi connectivity index (χ0n) is 13.9. The van der Waals surface area contributed by atoms with Gasteiger partial charge in [-0.1, -0.05) is 17.7 Å². The van der Waals surface area contributed by atoms with Gasteiger partial charge in [-0.3, -0.25) is 19.5 Å². The highest BCUT2D eigenvalue weighted by Crippen LogP contribution is 2.26. The molecule has 1 N–H and O–H groups in total. The van der Waals surface area contributed by atoms with Crippen molar-refractivity contribution in [2.24, 2.45) is 0 Å². The molecular weight excluding hydrogens is 381 g/mol. The average Bonchev–Trinajstić information content (AvgIpc) is 3.27. The van der Waals surface area contributed by atoms with Crippen molar-refractivity contribution in [2.45, 2.75) is 25.0 Å². The first-order chi connectivity index (χ1) is 12.5. The van der Waals surface area contributed by atoms with Crippen LogP contribution < -0.4 is 5.32 Å². The first kappa shape index (κ1) is 18.8. The lowest BCUT2D eigenvalue weighted by Gasteiger charge is -2.22. The van der Waals surface area contributed by atoms with Crippen LogP contribution in [-0.2, 0) is 16.1 Å². The van der Waals surface area contributed by atoms with Crippen molar-refractivity contribution < 1.29 is 18.7 Å². The fraction of sp³-hybridized carbons (Fsp3) is 0.353. The molecule has 138 valence electrons. The van der Waals surface area contributed by atoms with E-state index in [0.29, 0.717) is 28.4 Å². The minimum atomic E-state index is -0.581. The second-order valence-corrected chi connectivity index (χ2v) is 7.23. The molecule has 6 nitrogen and oxygen atoms in total. The number of aromatic nitrogens is 1. The number of nitrogens with one attached hydrogen (secondary N) is 1. The number of esters is 1. The topological polar surface area (TPSA) is 71.5 Å². The molecule has 1 aromatic heterocycles. The van der Waals surface area contributed by atoms with Crippen molar-refractivity contribution in [3.63, 3.8) is 0 Å². The number of benzene rings is 1. The van der Waals surface area contributed by atoms with E-state index < -0.39 is 17.8 Å². The van der Waals surface area contributed by atoms with Crippen LogP contribution in [0.5, 0.6) is 0 Å². The van der Waals surface area contributed by atoms with Crippen LogP contribution >= 0.6 is 22.9 Å². The van der Waals surface area contributed by atoms with E-state index in [2.05, 4.69) is 10.3 Å². The summed E-state index contributed by atoms with van der Waals surface area (Å²) < 4.78 is 19.0. The van der Waals surface area contributed by atoms with Gasteiger partial charge in [0.2, 0.25) is 0 Å². The predicted molar refractivity (Wildman–Crippen MR) is 95.6 cm³/mol. The highest BCUT2D eigenvalue weighted by molar-refractivity contribution is 7.11. The normalized spacial score (nSPS) is 20.1. The second-order valence-electron chi connectivity index (χ2n) is 5.94. The predicted octanol–water partition coefficient (Wildman–Crippen LogP) is 2.48. The second kappa shape index (κ2) is 8.11. The van der Waals surface area contributed by atoms with Crippen LogP contribution in [0.3, 0.4) is 0 Å². The molecule has 1 fully saturated rings. The Morgan fingerprint density at radius 3 is 2.96 bits per heavy atom. The fourth-order valence-corrected chi connectivity index (χ4v) is 3.78. The Morgan fingerprint density at radius 1 is 1.50 bits per heavy atom. The van der Waals surface area contributed by atoms with Crippen LogP contribution in [0.2, 0.25) is 5.02 Å². The molecule has 1 amide bonds. The molecule has 0 unspecified atom stereocenters. The highest BCUT2D eigenvalue weighted by atomic mass is 35.5. The zero-order valence-corrected chi connectivity index (χ0v) is 15.5.